The topological polar surface area (TPSA) is 20.2 Å². The van der Waals surface area contributed by atoms with Gasteiger partial charge in [0.15, 0.2) is 0 Å². The Balaban J connectivity index is 1.67. The predicted molar refractivity (Wildman–Crippen MR) is 118 cm³/mol. The van der Waals surface area contributed by atoms with Gasteiger partial charge in [0.1, 0.15) is 0 Å². The van der Waals surface area contributed by atoms with Gasteiger partial charge in [0, 0.05) is 5.92 Å². The van der Waals surface area contributed by atoms with Gasteiger partial charge in [-0.3, -0.25) is 0 Å². The largest absolute Gasteiger partial charge is 0.388 e. The molecule has 0 radical (unpaired) electrons. The molecule has 138 valence electrons. The summed E-state index contributed by atoms with van der Waals surface area (Å²) in [5.74, 6) is -0.00744. The van der Waals surface area contributed by atoms with Crippen LogP contribution in [0.25, 0.3) is 16.8 Å². The molecule has 0 saturated heterocycles. The van der Waals surface area contributed by atoms with Crippen molar-refractivity contribution in [2.75, 3.05) is 0 Å². The lowest BCUT2D eigenvalue weighted by molar-refractivity contribution is 0.147. The average molecular weight is 364 g/mol. The first-order valence-corrected chi connectivity index (χ1v) is 9.75. The SMILES string of the molecule is OC(c1cccc2ccccc12)C(C/C=C/c1ccccc1)c1ccccc1. The van der Waals surface area contributed by atoms with Crippen molar-refractivity contribution in [1.29, 1.82) is 0 Å². The van der Waals surface area contributed by atoms with Gasteiger partial charge in [0.2, 0.25) is 0 Å². The molecular weight excluding hydrogens is 340 g/mol. The monoisotopic (exact) mass is 364 g/mol. The molecule has 0 fully saturated rings. The van der Waals surface area contributed by atoms with Crippen molar-refractivity contribution in [3.05, 3.63) is 126 Å². The van der Waals surface area contributed by atoms with Crippen molar-refractivity contribution in [3.63, 3.8) is 0 Å². The zero-order valence-corrected chi connectivity index (χ0v) is 15.8. The Morgan fingerprint density at radius 3 is 2.11 bits per heavy atom. The Bertz CT molecular complexity index is 1050. The van der Waals surface area contributed by atoms with Crippen LogP contribution in [0.3, 0.4) is 0 Å². The maximum Gasteiger partial charge on any atom is 0.0867 e. The number of fused-ring (bicyclic) bond motifs is 1. The molecule has 0 aliphatic heterocycles. The number of allylic oxidation sites excluding steroid dienone is 1. The molecule has 0 aliphatic carbocycles. The molecular formula is C27H24O. The van der Waals surface area contributed by atoms with E-state index >= 15 is 0 Å². The normalized spacial score (nSPS) is 13.6. The summed E-state index contributed by atoms with van der Waals surface area (Å²) >= 11 is 0. The summed E-state index contributed by atoms with van der Waals surface area (Å²) < 4.78 is 0. The van der Waals surface area contributed by atoms with E-state index < -0.39 is 6.10 Å². The van der Waals surface area contributed by atoms with E-state index in [0.717, 1.165) is 28.3 Å². The molecule has 4 aromatic carbocycles. The van der Waals surface area contributed by atoms with E-state index in [1.165, 1.54) is 5.56 Å². The van der Waals surface area contributed by atoms with E-state index in [1.54, 1.807) is 0 Å². The van der Waals surface area contributed by atoms with E-state index in [2.05, 4.69) is 54.6 Å². The lowest BCUT2D eigenvalue weighted by atomic mass is 9.84. The molecule has 0 aliphatic rings. The highest BCUT2D eigenvalue weighted by atomic mass is 16.3. The van der Waals surface area contributed by atoms with Crippen LogP contribution < -0.4 is 0 Å². The molecule has 4 rings (SSSR count). The lowest BCUT2D eigenvalue weighted by Crippen LogP contribution is -2.11. The molecule has 0 amide bonds. The van der Waals surface area contributed by atoms with Crippen molar-refractivity contribution >= 4 is 16.8 Å². The van der Waals surface area contributed by atoms with Crippen LogP contribution in [0.5, 0.6) is 0 Å². The first-order chi connectivity index (χ1) is 13.8. The maximum absolute atomic E-state index is 11.4. The van der Waals surface area contributed by atoms with Gasteiger partial charge >= 0.3 is 0 Å². The second kappa shape index (κ2) is 8.69. The van der Waals surface area contributed by atoms with Gasteiger partial charge in [-0.1, -0.05) is 115 Å². The average Bonchev–Trinajstić information content (AvgIpc) is 2.77. The molecule has 28 heavy (non-hydrogen) atoms. The van der Waals surface area contributed by atoms with Crippen LogP contribution in [-0.2, 0) is 0 Å². The molecule has 1 heteroatoms. The summed E-state index contributed by atoms with van der Waals surface area (Å²) in [6.45, 7) is 0. The van der Waals surface area contributed by atoms with E-state index in [0.29, 0.717) is 0 Å². The lowest BCUT2D eigenvalue weighted by Gasteiger charge is -2.24. The minimum atomic E-state index is -0.575. The van der Waals surface area contributed by atoms with E-state index in [9.17, 15) is 5.11 Å². The summed E-state index contributed by atoms with van der Waals surface area (Å²) in [5.41, 5.74) is 3.31. The van der Waals surface area contributed by atoms with Crippen molar-refractivity contribution in [2.24, 2.45) is 0 Å². The Labute approximate surface area is 166 Å². The highest BCUT2D eigenvalue weighted by Gasteiger charge is 2.23. The van der Waals surface area contributed by atoms with Gasteiger partial charge in [-0.25, -0.2) is 0 Å². The van der Waals surface area contributed by atoms with E-state index in [-0.39, 0.29) is 5.92 Å². The van der Waals surface area contributed by atoms with Crippen LogP contribution in [0.4, 0.5) is 0 Å². The van der Waals surface area contributed by atoms with Gasteiger partial charge in [0.25, 0.3) is 0 Å². The molecule has 2 atom stereocenters. The second-order valence-corrected chi connectivity index (χ2v) is 7.08. The second-order valence-electron chi connectivity index (χ2n) is 7.08. The highest BCUT2D eigenvalue weighted by molar-refractivity contribution is 5.86. The fourth-order valence-electron chi connectivity index (χ4n) is 3.79. The van der Waals surface area contributed by atoms with Gasteiger partial charge in [0.05, 0.1) is 6.10 Å². The standard InChI is InChI=1S/C27H24O/c28-27(26-20-10-17-22-16-7-8-18-24(22)26)25(23-14-5-2-6-15-23)19-9-13-21-11-3-1-4-12-21/h1-18,20,25,27-28H,19H2/b13-9+. The van der Waals surface area contributed by atoms with Crippen molar-refractivity contribution < 1.29 is 5.11 Å². The van der Waals surface area contributed by atoms with E-state index in [1.807, 2.05) is 60.7 Å². The number of aliphatic hydroxyl groups is 1. The molecule has 1 nitrogen and oxygen atoms in total. The number of hydrogen-bond donors (Lipinski definition) is 1. The number of aliphatic hydroxyl groups excluding tert-OH is 1. The summed E-state index contributed by atoms with van der Waals surface area (Å²) in [6.07, 6.45) is 4.49. The Morgan fingerprint density at radius 1 is 0.679 bits per heavy atom. The summed E-state index contributed by atoms with van der Waals surface area (Å²) in [5, 5.41) is 13.7. The third kappa shape index (κ3) is 4.05. The molecule has 0 aromatic heterocycles. The molecule has 2 unspecified atom stereocenters. The van der Waals surface area contributed by atoms with Gasteiger partial charge < -0.3 is 5.11 Å². The Hall–Kier alpha value is -3.16. The highest BCUT2D eigenvalue weighted by Crippen LogP contribution is 2.37. The van der Waals surface area contributed by atoms with Crippen LogP contribution >= 0.6 is 0 Å². The first kappa shape index (κ1) is 18.2. The minimum absolute atomic E-state index is 0.00744. The molecule has 0 spiro atoms. The molecule has 1 N–H and O–H groups in total. The van der Waals surface area contributed by atoms with Crippen molar-refractivity contribution in [3.8, 4) is 0 Å². The third-order valence-electron chi connectivity index (χ3n) is 5.25. The molecule has 4 aromatic rings. The van der Waals surface area contributed by atoms with Gasteiger partial charge in [-0.2, -0.15) is 0 Å². The fourth-order valence-corrected chi connectivity index (χ4v) is 3.79. The van der Waals surface area contributed by atoms with Crippen LogP contribution in [0.2, 0.25) is 0 Å². The van der Waals surface area contributed by atoms with Gasteiger partial charge in [-0.15, -0.1) is 0 Å². The number of rotatable bonds is 6. The third-order valence-corrected chi connectivity index (χ3v) is 5.25. The summed E-state index contributed by atoms with van der Waals surface area (Å²) in [4.78, 5) is 0. The zero-order valence-electron chi connectivity index (χ0n) is 15.8. The summed E-state index contributed by atoms with van der Waals surface area (Å²) in [7, 11) is 0. The number of benzene rings is 4. The van der Waals surface area contributed by atoms with Crippen LogP contribution in [-0.4, -0.2) is 5.11 Å². The smallest absolute Gasteiger partial charge is 0.0867 e. The fraction of sp³-hybridized carbons (Fsp3) is 0.111. The number of hydrogen-bond acceptors (Lipinski definition) is 1. The van der Waals surface area contributed by atoms with Crippen molar-refractivity contribution in [2.45, 2.75) is 18.4 Å². The molecule has 0 saturated carbocycles. The summed E-state index contributed by atoms with van der Waals surface area (Å²) in [6, 6.07) is 35.0. The predicted octanol–water partition coefficient (Wildman–Crippen LogP) is 6.76. The zero-order chi connectivity index (χ0) is 19.2. The molecule has 0 bridgehead atoms. The van der Waals surface area contributed by atoms with Crippen molar-refractivity contribution in [1.82, 2.24) is 0 Å². The molecule has 0 heterocycles. The van der Waals surface area contributed by atoms with Crippen LogP contribution in [0.1, 0.15) is 35.1 Å². The van der Waals surface area contributed by atoms with Gasteiger partial charge in [-0.05, 0) is 33.9 Å². The van der Waals surface area contributed by atoms with Crippen LogP contribution in [0.15, 0.2) is 109 Å². The first-order valence-electron chi connectivity index (χ1n) is 9.75. The minimum Gasteiger partial charge on any atom is -0.388 e. The Kier molecular flexibility index (Phi) is 5.65. The maximum atomic E-state index is 11.4. The van der Waals surface area contributed by atoms with E-state index in [4.69, 9.17) is 0 Å². The quantitative estimate of drug-likeness (QED) is 0.401. The van der Waals surface area contributed by atoms with Crippen LogP contribution in [0, 0.1) is 0 Å². The Morgan fingerprint density at radius 2 is 1.32 bits per heavy atom.